The average molecular weight is 213 g/mol. The van der Waals surface area contributed by atoms with Crippen molar-refractivity contribution in [1.82, 2.24) is 4.90 Å². The minimum atomic E-state index is 0.227. The van der Waals surface area contributed by atoms with E-state index < -0.39 is 0 Å². The molecule has 0 aromatic carbocycles. The summed E-state index contributed by atoms with van der Waals surface area (Å²) in [5, 5.41) is 8.81. The molecule has 0 heterocycles. The summed E-state index contributed by atoms with van der Waals surface area (Å²) in [6.07, 6.45) is 6.17. The maximum atomic E-state index is 11.6. The standard InChI is InChI=1S/C12H23NO2/c1-2-5-12(15)10-13(8-4-9-14)11-6-3-7-11/h11,14H,2-10H2,1H3. The van der Waals surface area contributed by atoms with Gasteiger partial charge in [-0.15, -0.1) is 0 Å². The van der Waals surface area contributed by atoms with Crippen LogP contribution < -0.4 is 0 Å². The molecule has 3 heteroatoms. The molecule has 0 aliphatic heterocycles. The van der Waals surface area contributed by atoms with Crippen LogP contribution in [0.4, 0.5) is 0 Å². The van der Waals surface area contributed by atoms with E-state index >= 15 is 0 Å². The molecule has 0 bridgehead atoms. The van der Waals surface area contributed by atoms with Gasteiger partial charge in [-0.2, -0.15) is 0 Å². The Morgan fingerprint density at radius 3 is 2.67 bits per heavy atom. The Bertz CT molecular complexity index is 190. The number of rotatable bonds is 8. The van der Waals surface area contributed by atoms with Gasteiger partial charge in [0.2, 0.25) is 0 Å². The Labute approximate surface area is 92.5 Å². The predicted molar refractivity (Wildman–Crippen MR) is 60.8 cm³/mol. The monoisotopic (exact) mass is 213 g/mol. The molecule has 0 aromatic heterocycles. The third kappa shape index (κ3) is 4.31. The molecule has 0 atom stereocenters. The SMILES string of the molecule is CCCC(=O)CN(CCCO)C1CCC1. The fraction of sp³-hybridized carbons (Fsp3) is 0.917. The van der Waals surface area contributed by atoms with Crippen molar-refractivity contribution in [2.24, 2.45) is 0 Å². The zero-order valence-corrected chi connectivity index (χ0v) is 9.74. The largest absolute Gasteiger partial charge is 0.396 e. The first kappa shape index (κ1) is 12.7. The quantitative estimate of drug-likeness (QED) is 0.665. The van der Waals surface area contributed by atoms with Crippen LogP contribution in [-0.4, -0.2) is 41.5 Å². The van der Waals surface area contributed by atoms with Crippen LogP contribution in [0.1, 0.15) is 45.4 Å². The van der Waals surface area contributed by atoms with Crippen molar-refractivity contribution in [3.05, 3.63) is 0 Å². The topological polar surface area (TPSA) is 40.5 Å². The highest BCUT2D eigenvalue weighted by Gasteiger charge is 2.25. The lowest BCUT2D eigenvalue weighted by molar-refractivity contribution is -0.121. The summed E-state index contributed by atoms with van der Waals surface area (Å²) >= 11 is 0. The molecule has 88 valence electrons. The number of hydrogen-bond acceptors (Lipinski definition) is 3. The Balaban J connectivity index is 2.30. The summed E-state index contributed by atoms with van der Waals surface area (Å²) in [4.78, 5) is 13.8. The Kier molecular flexibility index (Phi) is 5.88. The average Bonchev–Trinajstić information content (AvgIpc) is 2.11. The zero-order valence-electron chi connectivity index (χ0n) is 9.74. The second-order valence-electron chi connectivity index (χ2n) is 4.42. The van der Waals surface area contributed by atoms with Crippen LogP contribution >= 0.6 is 0 Å². The number of carbonyl (C=O) groups excluding carboxylic acids is 1. The fourth-order valence-corrected chi connectivity index (χ4v) is 2.00. The molecule has 1 aliphatic carbocycles. The summed E-state index contributed by atoms with van der Waals surface area (Å²) in [7, 11) is 0. The van der Waals surface area contributed by atoms with Gasteiger partial charge < -0.3 is 5.11 Å². The van der Waals surface area contributed by atoms with E-state index in [-0.39, 0.29) is 6.61 Å². The smallest absolute Gasteiger partial charge is 0.146 e. The van der Waals surface area contributed by atoms with Gasteiger partial charge in [0, 0.05) is 25.6 Å². The van der Waals surface area contributed by atoms with E-state index in [0.717, 1.165) is 19.4 Å². The van der Waals surface area contributed by atoms with E-state index in [1.54, 1.807) is 0 Å². The van der Waals surface area contributed by atoms with E-state index in [0.29, 0.717) is 24.8 Å². The van der Waals surface area contributed by atoms with Crippen molar-refractivity contribution in [2.75, 3.05) is 19.7 Å². The molecule has 1 rings (SSSR count). The van der Waals surface area contributed by atoms with Crippen molar-refractivity contribution in [2.45, 2.75) is 51.5 Å². The number of aliphatic hydroxyl groups is 1. The van der Waals surface area contributed by atoms with Crippen molar-refractivity contribution < 1.29 is 9.90 Å². The highest BCUT2D eigenvalue weighted by molar-refractivity contribution is 5.80. The number of hydrogen-bond donors (Lipinski definition) is 1. The summed E-state index contributed by atoms with van der Waals surface area (Å²) < 4.78 is 0. The van der Waals surface area contributed by atoms with Crippen LogP contribution in [0.25, 0.3) is 0 Å². The van der Waals surface area contributed by atoms with Gasteiger partial charge in [-0.1, -0.05) is 13.3 Å². The number of aliphatic hydroxyl groups excluding tert-OH is 1. The van der Waals surface area contributed by atoms with E-state index in [1.807, 2.05) is 6.92 Å². The Hall–Kier alpha value is -0.410. The lowest BCUT2D eigenvalue weighted by Gasteiger charge is -2.37. The normalized spacial score (nSPS) is 16.7. The molecule has 1 N–H and O–H groups in total. The summed E-state index contributed by atoms with van der Waals surface area (Å²) in [5.74, 6) is 0.349. The van der Waals surface area contributed by atoms with Crippen LogP contribution in [0.15, 0.2) is 0 Å². The lowest BCUT2D eigenvalue weighted by Crippen LogP contribution is -2.43. The number of carbonyl (C=O) groups is 1. The molecule has 1 saturated carbocycles. The number of ketones is 1. The summed E-state index contributed by atoms with van der Waals surface area (Å²) in [5.41, 5.74) is 0. The predicted octanol–water partition coefficient (Wildman–Crippen LogP) is 1.59. The molecule has 0 spiro atoms. The van der Waals surface area contributed by atoms with E-state index in [9.17, 15) is 4.79 Å². The highest BCUT2D eigenvalue weighted by atomic mass is 16.3. The summed E-state index contributed by atoms with van der Waals surface area (Å²) in [6.45, 7) is 3.74. The minimum absolute atomic E-state index is 0.227. The minimum Gasteiger partial charge on any atom is -0.396 e. The van der Waals surface area contributed by atoms with Gasteiger partial charge in [-0.25, -0.2) is 0 Å². The molecule has 15 heavy (non-hydrogen) atoms. The molecular formula is C12H23NO2. The molecule has 0 amide bonds. The number of Topliss-reactive ketones (excluding diaryl/α,β-unsaturated/α-hetero) is 1. The van der Waals surface area contributed by atoms with Crippen LogP contribution in [0.5, 0.6) is 0 Å². The van der Waals surface area contributed by atoms with Crippen LogP contribution in [0.2, 0.25) is 0 Å². The van der Waals surface area contributed by atoms with Crippen LogP contribution in [0, 0.1) is 0 Å². The second kappa shape index (κ2) is 6.96. The molecular weight excluding hydrogens is 190 g/mol. The van der Waals surface area contributed by atoms with Gasteiger partial charge in [-0.05, 0) is 25.7 Å². The maximum Gasteiger partial charge on any atom is 0.146 e. The van der Waals surface area contributed by atoms with Gasteiger partial charge in [-0.3, -0.25) is 9.69 Å². The van der Waals surface area contributed by atoms with Crippen LogP contribution in [-0.2, 0) is 4.79 Å². The first-order chi connectivity index (χ1) is 7.27. The van der Waals surface area contributed by atoms with Gasteiger partial charge >= 0.3 is 0 Å². The van der Waals surface area contributed by atoms with E-state index in [1.165, 1.54) is 19.3 Å². The Morgan fingerprint density at radius 1 is 1.47 bits per heavy atom. The lowest BCUT2D eigenvalue weighted by atomic mass is 9.91. The van der Waals surface area contributed by atoms with Crippen molar-refractivity contribution >= 4 is 5.78 Å². The van der Waals surface area contributed by atoms with Crippen LogP contribution in [0.3, 0.4) is 0 Å². The van der Waals surface area contributed by atoms with Gasteiger partial charge in [0.1, 0.15) is 5.78 Å². The van der Waals surface area contributed by atoms with Gasteiger partial charge in [0.25, 0.3) is 0 Å². The number of nitrogens with zero attached hydrogens (tertiary/aromatic N) is 1. The fourth-order valence-electron chi connectivity index (χ4n) is 2.00. The van der Waals surface area contributed by atoms with E-state index in [4.69, 9.17) is 5.11 Å². The molecule has 1 fully saturated rings. The van der Waals surface area contributed by atoms with Gasteiger partial charge in [0.15, 0.2) is 0 Å². The molecule has 0 radical (unpaired) electrons. The molecule has 0 unspecified atom stereocenters. The zero-order chi connectivity index (χ0) is 11.1. The third-order valence-corrected chi connectivity index (χ3v) is 3.10. The van der Waals surface area contributed by atoms with Gasteiger partial charge in [0.05, 0.1) is 6.54 Å². The van der Waals surface area contributed by atoms with Crippen molar-refractivity contribution in [3.8, 4) is 0 Å². The first-order valence-corrected chi connectivity index (χ1v) is 6.14. The Morgan fingerprint density at radius 2 is 2.20 bits per heavy atom. The molecule has 0 saturated heterocycles. The first-order valence-electron chi connectivity index (χ1n) is 6.14. The highest BCUT2D eigenvalue weighted by Crippen LogP contribution is 2.24. The van der Waals surface area contributed by atoms with Crippen molar-refractivity contribution in [1.29, 1.82) is 0 Å². The third-order valence-electron chi connectivity index (χ3n) is 3.10. The van der Waals surface area contributed by atoms with Crippen molar-refractivity contribution in [3.63, 3.8) is 0 Å². The molecule has 3 nitrogen and oxygen atoms in total. The van der Waals surface area contributed by atoms with E-state index in [2.05, 4.69) is 4.90 Å². The molecule has 1 aliphatic rings. The molecule has 0 aromatic rings. The maximum absolute atomic E-state index is 11.6. The summed E-state index contributed by atoms with van der Waals surface area (Å²) in [6, 6.07) is 0.609. The second-order valence-corrected chi connectivity index (χ2v) is 4.42.